The van der Waals surface area contributed by atoms with Crippen LogP contribution in [-0.4, -0.2) is 40.2 Å². The Morgan fingerprint density at radius 2 is 1.90 bits per heavy atom. The van der Waals surface area contributed by atoms with Crippen LogP contribution in [0.3, 0.4) is 0 Å². The minimum Gasteiger partial charge on any atom is -0.494 e. The number of anilines is 1. The van der Waals surface area contributed by atoms with E-state index in [9.17, 15) is 9.59 Å². The molecule has 0 bridgehead atoms. The minimum absolute atomic E-state index is 0.137. The summed E-state index contributed by atoms with van der Waals surface area (Å²) in [5, 5.41) is 6.99. The predicted octanol–water partition coefficient (Wildman–Crippen LogP) is 3.65. The van der Waals surface area contributed by atoms with Gasteiger partial charge in [0, 0.05) is 18.4 Å². The van der Waals surface area contributed by atoms with Gasteiger partial charge in [0.2, 0.25) is 17.6 Å². The number of thiazole rings is 1. The molecule has 30 heavy (non-hydrogen) atoms. The molecule has 0 radical (unpaired) electrons. The van der Waals surface area contributed by atoms with Crippen molar-refractivity contribution >= 4 is 28.3 Å². The molecule has 0 aliphatic rings. The number of aromatic nitrogens is 3. The number of hydrogen-bond donors (Lipinski definition) is 1. The number of amides is 1. The molecule has 10 heteroatoms. The fourth-order valence-electron chi connectivity index (χ4n) is 2.58. The van der Waals surface area contributed by atoms with Gasteiger partial charge in [-0.1, -0.05) is 16.5 Å². The topological polar surface area (TPSA) is 116 Å². The predicted molar refractivity (Wildman–Crippen MR) is 111 cm³/mol. The quantitative estimate of drug-likeness (QED) is 0.511. The van der Waals surface area contributed by atoms with Crippen molar-refractivity contribution in [1.29, 1.82) is 0 Å². The maximum atomic E-state index is 12.2. The van der Waals surface area contributed by atoms with Gasteiger partial charge < -0.3 is 19.3 Å². The lowest BCUT2D eigenvalue weighted by molar-refractivity contribution is -0.116. The molecule has 0 aliphatic heterocycles. The molecule has 9 nitrogen and oxygen atoms in total. The van der Waals surface area contributed by atoms with Crippen LogP contribution >= 0.6 is 11.3 Å². The van der Waals surface area contributed by atoms with Crippen molar-refractivity contribution in [3.8, 4) is 17.1 Å². The van der Waals surface area contributed by atoms with Gasteiger partial charge in [-0.3, -0.25) is 4.79 Å². The smallest absolute Gasteiger partial charge is 0.350 e. The molecule has 1 N–H and O–H groups in total. The van der Waals surface area contributed by atoms with Crippen LogP contribution in [0.4, 0.5) is 5.13 Å². The highest BCUT2D eigenvalue weighted by atomic mass is 32.1. The number of benzene rings is 1. The Morgan fingerprint density at radius 1 is 1.13 bits per heavy atom. The van der Waals surface area contributed by atoms with E-state index in [1.807, 2.05) is 31.2 Å². The number of aryl methyl sites for hydroxylation is 2. The van der Waals surface area contributed by atoms with Crippen LogP contribution in [0.2, 0.25) is 0 Å². The van der Waals surface area contributed by atoms with Gasteiger partial charge >= 0.3 is 5.97 Å². The average Bonchev–Trinajstić information content (AvgIpc) is 3.34. The lowest BCUT2D eigenvalue weighted by atomic mass is 10.2. The molecule has 0 saturated heterocycles. The summed E-state index contributed by atoms with van der Waals surface area (Å²) in [6.07, 6.45) is 0.420. The Hall–Kier alpha value is -3.27. The van der Waals surface area contributed by atoms with Crippen LogP contribution < -0.4 is 10.1 Å². The fraction of sp³-hybridized carbons (Fsp3) is 0.350. The number of esters is 1. The Morgan fingerprint density at radius 3 is 2.60 bits per heavy atom. The van der Waals surface area contributed by atoms with Crippen LogP contribution in [0.1, 0.15) is 41.5 Å². The Labute approximate surface area is 177 Å². The second-order valence-corrected chi connectivity index (χ2v) is 7.17. The highest BCUT2D eigenvalue weighted by Gasteiger charge is 2.18. The highest BCUT2D eigenvalue weighted by Crippen LogP contribution is 2.24. The molecule has 0 spiro atoms. The zero-order chi connectivity index (χ0) is 21.5. The molecule has 1 amide bonds. The summed E-state index contributed by atoms with van der Waals surface area (Å²) in [5.41, 5.74) is 1.31. The van der Waals surface area contributed by atoms with Gasteiger partial charge in [-0.15, -0.1) is 0 Å². The average molecular weight is 430 g/mol. The van der Waals surface area contributed by atoms with E-state index in [1.165, 1.54) is 0 Å². The van der Waals surface area contributed by atoms with E-state index < -0.39 is 5.97 Å². The number of rotatable bonds is 9. The molecule has 0 unspecified atom stereocenters. The summed E-state index contributed by atoms with van der Waals surface area (Å²) in [6, 6.07) is 7.36. The van der Waals surface area contributed by atoms with E-state index in [1.54, 1.807) is 13.8 Å². The summed E-state index contributed by atoms with van der Waals surface area (Å²) in [5.74, 6) is 0.866. The first-order chi connectivity index (χ1) is 14.5. The minimum atomic E-state index is -0.444. The maximum Gasteiger partial charge on any atom is 0.350 e. The molecule has 2 heterocycles. The third kappa shape index (κ3) is 5.41. The molecular weight excluding hydrogens is 408 g/mol. The molecule has 0 saturated carbocycles. The van der Waals surface area contributed by atoms with Crippen LogP contribution in [0, 0.1) is 6.92 Å². The number of nitrogens with zero attached hydrogens (tertiary/aromatic N) is 3. The van der Waals surface area contributed by atoms with Gasteiger partial charge in [0.05, 0.1) is 18.9 Å². The maximum absolute atomic E-state index is 12.2. The van der Waals surface area contributed by atoms with Crippen LogP contribution in [0.15, 0.2) is 28.8 Å². The number of carbonyl (C=O) groups excluding carboxylic acids is 2. The zero-order valence-electron chi connectivity index (χ0n) is 16.9. The lowest BCUT2D eigenvalue weighted by Crippen LogP contribution is -2.12. The largest absolute Gasteiger partial charge is 0.494 e. The van der Waals surface area contributed by atoms with Crippen molar-refractivity contribution in [2.75, 3.05) is 18.5 Å². The van der Waals surface area contributed by atoms with Gasteiger partial charge in [-0.05, 0) is 45.0 Å². The normalized spacial score (nSPS) is 10.6. The molecule has 0 fully saturated rings. The molecule has 3 rings (SSSR count). The number of hydrogen-bond acceptors (Lipinski definition) is 9. The van der Waals surface area contributed by atoms with Crippen molar-refractivity contribution in [1.82, 2.24) is 15.1 Å². The lowest BCUT2D eigenvalue weighted by Gasteiger charge is -2.02. The van der Waals surface area contributed by atoms with Crippen LogP contribution in [-0.2, 0) is 16.0 Å². The SMILES string of the molecule is CCOC(=O)c1sc(NC(=O)CCc2nc(-c3ccc(OCC)cc3)no2)nc1C. The van der Waals surface area contributed by atoms with Crippen molar-refractivity contribution < 1.29 is 23.6 Å². The fourth-order valence-corrected chi connectivity index (χ4v) is 3.46. The molecule has 0 atom stereocenters. The Balaban J connectivity index is 1.54. The number of ether oxygens (including phenoxy) is 2. The van der Waals surface area contributed by atoms with Gasteiger partial charge in [-0.25, -0.2) is 9.78 Å². The molecule has 158 valence electrons. The first-order valence-electron chi connectivity index (χ1n) is 9.50. The van der Waals surface area contributed by atoms with Crippen LogP contribution in [0.5, 0.6) is 5.75 Å². The van der Waals surface area contributed by atoms with Gasteiger partial charge in [-0.2, -0.15) is 4.98 Å². The molecule has 2 aromatic heterocycles. The van der Waals surface area contributed by atoms with E-state index in [0.717, 1.165) is 22.6 Å². The zero-order valence-corrected chi connectivity index (χ0v) is 17.7. The molecular formula is C20H22N4O5S. The van der Waals surface area contributed by atoms with Gasteiger partial charge in [0.25, 0.3) is 0 Å². The third-order valence-electron chi connectivity index (χ3n) is 3.96. The summed E-state index contributed by atoms with van der Waals surface area (Å²) in [6.45, 7) is 6.22. The second-order valence-electron chi connectivity index (χ2n) is 6.17. The third-order valence-corrected chi connectivity index (χ3v) is 5.01. The summed E-state index contributed by atoms with van der Waals surface area (Å²) < 4.78 is 15.6. The molecule has 3 aromatic rings. The van der Waals surface area contributed by atoms with E-state index in [4.69, 9.17) is 14.0 Å². The van der Waals surface area contributed by atoms with E-state index in [0.29, 0.717) is 34.0 Å². The van der Waals surface area contributed by atoms with Crippen LogP contribution in [0.25, 0.3) is 11.4 Å². The standard InChI is InChI=1S/C20H22N4O5S/c1-4-27-14-8-6-13(7-9-14)18-23-16(29-24-18)11-10-15(25)22-20-21-12(3)17(30-20)19(26)28-5-2/h6-9H,4-5,10-11H2,1-3H3,(H,21,22,25). The summed E-state index contributed by atoms with van der Waals surface area (Å²) >= 11 is 1.08. The monoisotopic (exact) mass is 430 g/mol. The van der Waals surface area contributed by atoms with Gasteiger partial charge in [0.1, 0.15) is 10.6 Å². The van der Waals surface area contributed by atoms with Gasteiger partial charge in [0.15, 0.2) is 5.13 Å². The van der Waals surface area contributed by atoms with E-state index >= 15 is 0 Å². The number of carbonyl (C=O) groups is 2. The summed E-state index contributed by atoms with van der Waals surface area (Å²) in [4.78, 5) is 33.0. The molecule has 1 aromatic carbocycles. The van der Waals surface area contributed by atoms with E-state index in [-0.39, 0.29) is 25.4 Å². The molecule has 0 aliphatic carbocycles. The highest BCUT2D eigenvalue weighted by molar-refractivity contribution is 7.17. The first-order valence-corrected chi connectivity index (χ1v) is 10.3. The van der Waals surface area contributed by atoms with Crippen molar-refractivity contribution in [3.05, 3.63) is 40.7 Å². The van der Waals surface area contributed by atoms with E-state index in [2.05, 4.69) is 20.4 Å². The second kappa shape index (κ2) is 9.97. The number of nitrogens with one attached hydrogen (secondary N) is 1. The summed E-state index contributed by atoms with van der Waals surface area (Å²) in [7, 11) is 0. The van der Waals surface area contributed by atoms with Crippen molar-refractivity contribution in [2.24, 2.45) is 0 Å². The first kappa shape index (κ1) is 21.4. The van der Waals surface area contributed by atoms with Crippen molar-refractivity contribution in [3.63, 3.8) is 0 Å². The Kier molecular flexibility index (Phi) is 7.12. The Bertz CT molecular complexity index is 1010. The van der Waals surface area contributed by atoms with Crippen molar-refractivity contribution in [2.45, 2.75) is 33.6 Å².